The van der Waals surface area contributed by atoms with Crippen LogP contribution in [0.2, 0.25) is 0 Å². The fourth-order valence-electron chi connectivity index (χ4n) is 1.17. The van der Waals surface area contributed by atoms with Crippen LogP contribution in [-0.4, -0.2) is 18.6 Å². The molecule has 0 saturated heterocycles. The first-order chi connectivity index (χ1) is 8.51. The lowest BCUT2D eigenvalue weighted by Crippen LogP contribution is -2.22. The average Bonchev–Trinajstić information content (AvgIpc) is 2.95. The van der Waals surface area contributed by atoms with Gasteiger partial charge in [0.15, 0.2) is 5.82 Å². The Kier molecular flexibility index (Phi) is 3.42. The van der Waals surface area contributed by atoms with Gasteiger partial charge in [-0.15, -0.1) is 11.3 Å². The van der Waals surface area contributed by atoms with E-state index in [1.165, 1.54) is 12.1 Å². The second-order valence-electron chi connectivity index (χ2n) is 3.28. The van der Waals surface area contributed by atoms with Crippen molar-refractivity contribution in [3.8, 4) is 6.07 Å². The number of thiophene rings is 1. The van der Waals surface area contributed by atoms with E-state index in [4.69, 9.17) is 9.78 Å². The van der Waals surface area contributed by atoms with Gasteiger partial charge in [0, 0.05) is 6.92 Å². The Hall–Kier alpha value is -1.76. The van der Waals surface area contributed by atoms with Gasteiger partial charge in [-0.2, -0.15) is 10.2 Å². The van der Waals surface area contributed by atoms with Crippen molar-refractivity contribution in [1.82, 2.24) is 14.9 Å². The third-order valence-corrected chi connectivity index (χ3v) is 4.83. The highest BCUT2D eigenvalue weighted by Crippen LogP contribution is 2.20. The zero-order valence-corrected chi connectivity index (χ0v) is 10.9. The van der Waals surface area contributed by atoms with Crippen molar-refractivity contribution in [3.05, 3.63) is 28.7 Å². The van der Waals surface area contributed by atoms with E-state index < -0.39 is 10.0 Å². The van der Waals surface area contributed by atoms with E-state index in [0.717, 1.165) is 11.3 Å². The maximum atomic E-state index is 11.8. The average molecular weight is 284 g/mol. The van der Waals surface area contributed by atoms with Crippen LogP contribution in [0, 0.1) is 18.3 Å². The van der Waals surface area contributed by atoms with E-state index in [2.05, 4.69) is 14.9 Å². The molecule has 0 aromatic carbocycles. The molecule has 0 saturated carbocycles. The van der Waals surface area contributed by atoms with Gasteiger partial charge >= 0.3 is 0 Å². The second-order valence-corrected chi connectivity index (χ2v) is 6.36. The highest BCUT2D eigenvalue weighted by Gasteiger charge is 2.17. The minimum absolute atomic E-state index is 0.0561. The summed E-state index contributed by atoms with van der Waals surface area (Å²) in [6, 6.07) is 4.72. The molecule has 0 aliphatic rings. The van der Waals surface area contributed by atoms with E-state index in [0.29, 0.717) is 10.8 Å². The van der Waals surface area contributed by atoms with Crippen LogP contribution >= 0.6 is 11.3 Å². The molecule has 0 radical (unpaired) electrons. The number of hydrogen-bond donors (Lipinski definition) is 1. The van der Waals surface area contributed by atoms with Gasteiger partial charge in [0.25, 0.3) is 10.0 Å². The second kappa shape index (κ2) is 4.85. The van der Waals surface area contributed by atoms with Crippen LogP contribution in [0.4, 0.5) is 0 Å². The number of aryl methyl sites for hydroxylation is 1. The maximum absolute atomic E-state index is 11.8. The third-order valence-electron chi connectivity index (χ3n) is 1.95. The van der Waals surface area contributed by atoms with Crippen molar-refractivity contribution in [1.29, 1.82) is 5.26 Å². The number of nitrogens with zero attached hydrogens (tertiary/aromatic N) is 3. The van der Waals surface area contributed by atoms with Crippen molar-refractivity contribution in [2.75, 3.05) is 0 Å². The molecule has 0 fully saturated rings. The summed E-state index contributed by atoms with van der Waals surface area (Å²) in [6.07, 6.45) is 0. The van der Waals surface area contributed by atoms with Crippen LogP contribution in [0.1, 0.15) is 16.6 Å². The molecule has 94 valence electrons. The molecule has 0 spiro atoms. The molecule has 0 unspecified atom stereocenters. The Morgan fingerprint density at radius 2 is 2.33 bits per heavy atom. The Balaban J connectivity index is 2.10. The normalized spacial score (nSPS) is 11.3. The molecule has 0 bridgehead atoms. The largest absolute Gasteiger partial charge is 0.340 e. The first-order valence-corrected chi connectivity index (χ1v) is 7.10. The minimum atomic E-state index is -3.64. The van der Waals surface area contributed by atoms with Crippen LogP contribution in [0.25, 0.3) is 0 Å². The van der Waals surface area contributed by atoms with Crippen molar-refractivity contribution in [3.63, 3.8) is 0 Å². The summed E-state index contributed by atoms with van der Waals surface area (Å²) in [7, 11) is -3.64. The van der Waals surface area contributed by atoms with E-state index in [9.17, 15) is 8.42 Å². The first kappa shape index (κ1) is 12.7. The monoisotopic (exact) mass is 284 g/mol. The van der Waals surface area contributed by atoms with E-state index in [1.54, 1.807) is 6.92 Å². The van der Waals surface area contributed by atoms with E-state index >= 15 is 0 Å². The molecule has 7 nitrogen and oxygen atoms in total. The number of rotatable bonds is 4. The number of aromatic nitrogens is 2. The molecule has 0 aliphatic carbocycles. The molecule has 2 aromatic rings. The molecular formula is C9H8N4O3S2. The molecular weight excluding hydrogens is 276 g/mol. The maximum Gasteiger partial charge on any atom is 0.250 e. The Labute approximate surface area is 107 Å². The van der Waals surface area contributed by atoms with Gasteiger partial charge in [-0.05, 0) is 12.1 Å². The van der Waals surface area contributed by atoms with Crippen LogP contribution in [-0.2, 0) is 16.6 Å². The molecule has 2 heterocycles. The highest BCUT2D eigenvalue weighted by molar-refractivity contribution is 7.91. The lowest BCUT2D eigenvalue weighted by atomic mass is 10.5. The fourth-order valence-corrected chi connectivity index (χ4v) is 3.30. The van der Waals surface area contributed by atoms with Crippen LogP contribution in [0.15, 0.2) is 20.9 Å². The van der Waals surface area contributed by atoms with Gasteiger partial charge < -0.3 is 4.52 Å². The Bertz CT molecular complexity index is 695. The van der Waals surface area contributed by atoms with Gasteiger partial charge in [-0.3, -0.25) is 0 Å². The summed E-state index contributed by atoms with van der Waals surface area (Å²) >= 11 is 0.904. The summed E-state index contributed by atoms with van der Waals surface area (Å²) in [5, 5.41) is 12.2. The summed E-state index contributed by atoms with van der Waals surface area (Å²) < 4.78 is 30.8. The number of hydrogen-bond acceptors (Lipinski definition) is 7. The SMILES string of the molecule is Cc1nc(CNS(=O)(=O)c2ccc(C#N)s2)no1. The van der Waals surface area contributed by atoms with E-state index in [1.807, 2.05) is 6.07 Å². The van der Waals surface area contributed by atoms with E-state index in [-0.39, 0.29) is 16.6 Å². The fraction of sp³-hybridized carbons (Fsp3) is 0.222. The first-order valence-electron chi connectivity index (χ1n) is 4.80. The summed E-state index contributed by atoms with van der Waals surface area (Å²) in [6.45, 7) is 1.56. The molecule has 0 amide bonds. The Morgan fingerprint density at radius 3 is 2.89 bits per heavy atom. The Morgan fingerprint density at radius 1 is 1.56 bits per heavy atom. The van der Waals surface area contributed by atoms with Crippen LogP contribution in [0.5, 0.6) is 0 Å². The molecule has 9 heteroatoms. The van der Waals surface area contributed by atoms with Crippen molar-refractivity contribution in [2.45, 2.75) is 17.7 Å². The lowest BCUT2D eigenvalue weighted by molar-refractivity contribution is 0.387. The number of sulfonamides is 1. The van der Waals surface area contributed by atoms with Crippen LogP contribution in [0.3, 0.4) is 0 Å². The molecule has 1 N–H and O–H groups in total. The summed E-state index contributed by atoms with van der Waals surface area (Å²) in [4.78, 5) is 4.21. The molecule has 2 rings (SSSR count). The standard InChI is InChI=1S/C9H8N4O3S2/c1-6-12-8(13-16-6)5-11-18(14,15)9-3-2-7(4-10)17-9/h2-3,11H,5H2,1H3. The zero-order chi connectivity index (χ0) is 13.2. The zero-order valence-electron chi connectivity index (χ0n) is 9.24. The number of nitrogens with one attached hydrogen (secondary N) is 1. The quantitative estimate of drug-likeness (QED) is 0.889. The number of nitriles is 1. The third kappa shape index (κ3) is 2.73. The molecule has 0 atom stereocenters. The lowest BCUT2D eigenvalue weighted by Gasteiger charge is -2.00. The summed E-state index contributed by atoms with van der Waals surface area (Å²) in [5.74, 6) is 0.625. The minimum Gasteiger partial charge on any atom is -0.340 e. The predicted octanol–water partition coefficient (Wildman–Crippen LogP) is 0.790. The predicted molar refractivity (Wildman–Crippen MR) is 62.1 cm³/mol. The van der Waals surface area contributed by atoms with Gasteiger partial charge in [0.1, 0.15) is 15.2 Å². The summed E-state index contributed by atoms with van der Waals surface area (Å²) in [5.41, 5.74) is 0. The topological polar surface area (TPSA) is 109 Å². The van der Waals surface area contributed by atoms with Crippen molar-refractivity contribution in [2.24, 2.45) is 0 Å². The molecule has 2 aromatic heterocycles. The van der Waals surface area contributed by atoms with Gasteiger partial charge in [0.2, 0.25) is 5.89 Å². The van der Waals surface area contributed by atoms with Gasteiger partial charge in [0.05, 0.1) is 6.54 Å². The molecule has 18 heavy (non-hydrogen) atoms. The molecule has 0 aliphatic heterocycles. The smallest absolute Gasteiger partial charge is 0.250 e. The van der Waals surface area contributed by atoms with Gasteiger partial charge in [-0.1, -0.05) is 5.16 Å². The van der Waals surface area contributed by atoms with Crippen LogP contribution < -0.4 is 4.72 Å². The van der Waals surface area contributed by atoms with Crippen molar-refractivity contribution < 1.29 is 12.9 Å². The van der Waals surface area contributed by atoms with Gasteiger partial charge in [-0.25, -0.2) is 13.1 Å². The van der Waals surface area contributed by atoms with Crippen molar-refractivity contribution >= 4 is 21.4 Å². The highest BCUT2D eigenvalue weighted by atomic mass is 32.2.